The molecular formula is C13H23N3OS. The van der Waals surface area contributed by atoms with E-state index >= 15 is 0 Å². The summed E-state index contributed by atoms with van der Waals surface area (Å²) in [6.07, 6.45) is 2.45. The monoisotopic (exact) mass is 269 g/mol. The third-order valence-electron chi connectivity index (χ3n) is 3.89. The highest BCUT2D eigenvalue weighted by Crippen LogP contribution is 2.42. The van der Waals surface area contributed by atoms with Gasteiger partial charge >= 0.3 is 0 Å². The molecule has 0 aliphatic heterocycles. The second-order valence-corrected chi connectivity index (χ2v) is 6.32. The molecule has 3 N–H and O–H groups in total. The van der Waals surface area contributed by atoms with Gasteiger partial charge < -0.3 is 15.8 Å². The molecule has 5 heteroatoms. The molecule has 1 heterocycles. The van der Waals surface area contributed by atoms with E-state index in [1.165, 1.54) is 11.3 Å². The first kappa shape index (κ1) is 13.8. The van der Waals surface area contributed by atoms with Crippen molar-refractivity contribution >= 4 is 16.5 Å². The predicted octanol–water partition coefficient (Wildman–Crippen LogP) is 2.06. The Bertz CT molecular complexity index is 391. The van der Waals surface area contributed by atoms with Crippen LogP contribution in [0, 0.1) is 5.41 Å². The number of hydrogen-bond acceptors (Lipinski definition) is 5. The van der Waals surface area contributed by atoms with Crippen LogP contribution in [0.3, 0.4) is 0 Å². The largest absolute Gasteiger partial charge is 0.378 e. The topological polar surface area (TPSA) is 60.2 Å². The lowest BCUT2D eigenvalue weighted by Gasteiger charge is -2.52. The minimum Gasteiger partial charge on any atom is -0.378 e. The van der Waals surface area contributed by atoms with E-state index in [1.807, 2.05) is 5.38 Å². The number of anilines is 1. The fourth-order valence-corrected chi connectivity index (χ4v) is 3.13. The Balaban J connectivity index is 1.72. The van der Waals surface area contributed by atoms with Gasteiger partial charge in [0.15, 0.2) is 5.13 Å². The van der Waals surface area contributed by atoms with Crippen molar-refractivity contribution < 1.29 is 4.74 Å². The zero-order chi connectivity index (χ0) is 13.2. The van der Waals surface area contributed by atoms with Crippen molar-refractivity contribution in [3.63, 3.8) is 0 Å². The lowest BCUT2D eigenvalue weighted by atomic mass is 9.64. The van der Waals surface area contributed by atoms with Gasteiger partial charge in [0.2, 0.25) is 0 Å². The minimum absolute atomic E-state index is 0.233. The normalized spacial score (nSPS) is 25.9. The van der Waals surface area contributed by atoms with E-state index in [4.69, 9.17) is 10.5 Å². The highest BCUT2D eigenvalue weighted by molar-refractivity contribution is 7.13. The zero-order valence-electron chi connectivity index (χ0n) is 11.4. The third kappa shape index (κ3) is 2.84. The lowest BCUT2D eigenvalue weighted by molar-refractivity contribution is -0.113. The maximum Gasteiger partial charge on any atom is 0.180 e. The van der Waals surface area contributed by atoms with Gasteiger partial charge in [0.1, 0.15) is 0 Å². The number of nitrogens with two attached hydrogens (primary N) is 1. The van der Waals surface area contributed by atoms with E-state index in [-0.39, 0.29) is 5.41 Å². The van der Waals surface area contributed by atoms with E-state index < -0.39 is 0 Å². The van der Waals surface area contributed by atoms with Crippen molar-refractivity contribution in [3.8, 4) is 0 Å². The first-order valence-corrected chi connectivity index (χ1v) is 7.47. The summed E-state index contributed by atoms with van der Waals surface area (Å²) in [5, 5.41) is 6.29. The molecule has 1 fully saturated rings. The average molecular weight is 269 g/mol. The molecule has 1 aliphatic rings. The van der Waals surface area contributed by atoms with Gasteiger partial charge in [-0.25, -0.2) is 4.98 Å². The molecule has 1 aromatic heterocycles. The molecule has 18 heavy (non-hydrogen) atoms. The van der Waals surface area contributed by atoms with E-state index in [0.29, 0.717) is 17.3 Å². The highest BCUT2D eigenvalue weighted by atomic mass is 32.1. The van der Waals surface area contributed by atoms with Crippen LogP contribution in [0.5, 0.6) is 0 Å². The fraction of sp³-hybridized carbons (Fsp3) is 0.769. The zero-order valence-corrected chi connectivity index (χ0v) is 12.2. The van der Waals surface area contributed by atoms with Crippen molar-refractivity contribution in [1.82, 2.24) is 10.3 Å². The van der Waals surface area contributed by atoms with Crippen LogP contribution < -0.4 is 11.1 Å². The molecule has 1 aliphatic carbocycles. The highest BCUT2D eigenvalue weighted by Gasteiger charge is 2.48. The van der Waals surface area contributed by atoms with Crippen LogP contribution in [0.15, 0.2) is 5.38 Å². The minimum atomic E-state index is 0.233. The average Bonchev–Trinajstić information content (AvgIpc) is 2.73. The Hall–Kier alpha value is -0.650. The second kappa shape index (κ2) is 5.55. The Morgan fingerprint density at radius 3 is 2.94 bits per heavy atom. The van der Waals surface area contributed by atoms with Crippen molar-refractivity contribution in [1.29, 1.82) is 0 Å². The SMILES string of the molecule is CCOC1CC(NCCc2csc(N)n2)C1(C)C. The quantitative estimate of drug-likeness (QED) is 0.830. The first-order chi connectivity index (χ1) is 8.54. The van der Waals surface area contributed by atoms with Crippen LogP contribution in [0.25, 0.3) is 0 Å². The van der Waals surface area contributed by atoms with Gasteiger partial charge in [0.25, 0.3) is 0 Å². The van der Waals surface area contributed by atoms with Gasteiger partial charge in [0.05, 0.1) is 11.8 Å². The fourth-order valence-electron chi connectivity index (χ4n) is 2.53. The van der Waals surface area contributed by atoms with Crippen LogP contribution in [0.4, 0.5) is 5.13 Å². The Morgan fingerprint density at radius 1 is 1.61 bits per heavy atom. The summed E-state index contributed by atoms with van der Waals surface area (Å²) in [6, 6.07) is 0.546. The number of nitrogen functional groups attached to an aromatic ring is 1. The van der Waals surface area contributed by atoms with Crippen LogP contribution in [-0.2, 0) is 11.2 Å². The molecule has 1 aromatic rings. The van der Waals surface area contributed by atoms with Crippen molar-refractivity contribution in [2.75, 3.05) is 18.9 Å². The number of nitrogens with zero attached hydrogens (tertiary/aromatic N) is 1. The standard InChI is InChI=1S/C13H23N3OS/c1-4-17-11-7-10(13(11,2)3)15-6-5-9-8-18-12(14)16-9/h8,10-11,15H,4-7H2,1-3H3,(H2,14,16). The van der Waals surface area contributed by atoms with E-state index in [1.54, 1.807) is 0 Å². The molecule has 0 spiro atoms. The summed E-state index contributed by atoms with van der Waals surface area (Å²) in [7, 11) is 0. The molecule has 4 nitrogen and oxygen atoms in total. The van der Waals surface area contributed by atoms with Crippen LogP contribution in [0.1, 0.15) is 32.9 Å². The first-order valence-electron chi connectivity index (χ1n) is 6.59. The van der Waals surface area contributed by atoms with Gasteiger partial charge in [-0.2, -0.15) is 0 Å². The summed E-state index contributed by atoms with van der Waals surface area (Å²) in [5.74, 6) is 0. The number of ether oxygens (including phenoxy) is 1. The number of aromatic nitrogens is 1. The molecule has 1 saturated carbocycles. The molecule has 0 radical (unpaired) electrons. The molecule has 0 bridgehead atoms. The van der Waals surface area contributed by atoms with Gasteiger partial charge in [0, 0.05) is 36.4 Å². The maximum absolute atomic E-state index is 5.72. The summed E-state index contributed by atoms with van der Waals surface area (Å²) < 4.78 is 5.72. The van der Waals surface area contributed by atoms with Crippen LogP contribution in [0.2, 0.25) is 0 Å². The van der Waals surface area contributed by atoms with Gasteiger partial charge in [-0.05, 0) is 13.3 Å². The van der Waals surface area contributed by atoms with Crippen LogP contribution in [-0.4, -0.2) is 30.3 Å². The van der Waals surface area contributed by atoms with Crippen molar-refractivity contribution in [2.24, 2.45) is 5.41 Å². The Labute approximate surface area is 113 Å². The van der Waals surface area contributed by atoms with Gasteiger partial charge in [-0.3, -0.25) is 0 Å². The molecule has 0 saturated heterocycles. The molecule has 2 rings (SSSR count). The predicted molar refractivity (Wildman–Crippen MR) is 75.8 cm³/mol. The maximum atomic E-state index is 5.72. The lowest BCUT2D eigenvalue weighted by Crippen LogP contribution is -2.61. The van der Waals surface area contributed by atoms with E-state index in [9.17, 15) is 0 Å². The van der Waals surface area contributed by atoms with Crippen molar-refractivity contribution in [2.45, 2.75) is 45.8 Å². The Morgan fingerprint density at radius 2 is 2.39 bits per heavy atom. The summed E-state index contributed by atoms with van der Waals surface area (Å²) in [6.45, 7) is 8.36. The van der Waals surface area contributed by atoms with Gasteiger partial charge in [-0.15, -0.1) is 11.3 Å². The number of hydrogen-bond donors (Lipinski definition) is 2. The second-order valence-electron chi connectivity index (χ2n) is 5.43. The summed E-state index contributed by atoms with van der Waals surface area (Å²) in [4.78, 5) is 4.26. The third-order valence-corrected chi connectivity index (χ3v) is 4.61. The molecular weight excluding hydrogens is 246 g/mol. The summed E-state index contributed by atoms with van der Waals surface area (Å²) in [5.41, 5.74) is 6.93. The molecule has 0 aromatic carbocycles. The smallest absolute Gasteiger partial charge is 0.180 e. The summed E-state index contributed by atoms with van der Waals surface area (Å²) >= 11 is 1.51. The molecule has 102 valence electrons. The number of thiazole rings is 1. The van der Waals surface area contributed by atoms with Crippen molar-refractivity contribution in [3.05, 3.63) is 11.1 Å². The van der Waals surface area contributed by atoms with E-state index in [2.05, 4.69) is 31.1 Å². The molecule has 0 amide bonds. The molecule has 2 unspecified atom stereocenters. The van der Waals surface area contributed by atoms with E-state index in [0.717, 1.165) is 31.7 Å². The van der Waals surface area contributed by atoms with Crippen LogP contribution >= 0.6 is 11.3 Å². The Kier molecular flexibility index (Phi) is 4.25. The number of nitrogens with one attached hydrogen (secondary N) is 1. The molecule has 2 atom stereocenters. The number of rotatable bonds is 6. The van der Waals surface area contributed by atoms with Gasteiger partial charge in [-0.1, -0.05) is 13.8 Å².